The van der Waals surface area contributed by atoms with Gasteiger partial charge in [0.05, 0.1) is 11.8 Å². The lowest BCUT2D eigenvalue weighted by Crippen LogP contribution is -2.04. The lowest BCUT2D eigenvalue weighted by atomic mass is 10.1. The van der Waals surface area contributed by atoms with E-state index in [1.54, 1.807) is 18.5 Å². The van der Waals surface area contributed by atoms with Gasteiger partial charge in [-0.15, -0.1) is 0 Å². The summed E-state index contributed by atoms with van der Waals surface area (Å²) in [6.45, 7) is 3.77. The Bertz CT molecular complexity index is 500. The van der Waals surface area contributed by atoms with Crippen LogP contribution in [0.15, 0.2) is 35.3 Å². The molecule has 2 rings (SSSR count). The fourth-order valence-corrected chi connectivity index (χ4v) is 1.39. The Labute approximate surface area is 87.8 Å². The summed E-state index contributed by atoms with van der Waals surface area (Å²) in [7, 11) is 0. The third-order valence-corrected chi connectivity index (χ3v) is 2.25. The van der Waals surface area contributed by atoms with Crippen molar-refractivity contribution in [3.8, 4) is 0 Å². The van der Waals surface area contributed by atoms with Crippen molar-refractivity contribution in [2.75, 3.05) is 0 Å². The maximum Gasteiger partial charge on any atom is 0.214 e. The highest BCUT2D eigenvalue weighted by molar-refractivity contribution is 6.08. The lowest BCUT2D eigenvalue weighted by molar-refractivity contribution is 0.103. The van der Waals surface area contributed by atoms with Gasteiger partial charge in [-0.05, 0) is 37.1 Å². The van der Waals surface area contributed by atoms with Crippen LogP contribution in [0.25, 0.3) is 0 Å². The Morgan fingerprint density at radius 2 is 2.13 bits per heavy atom. The van der Waals surface area contributed by atoms with Gasteiger partial charge in [0.1, 0.15) is 12.0 Å². The molecule has 2 aromatic rings. The number of pyridine rings is 1. The van der Waals surface area contributed by atoms with Gasteiger partial charge in [-0.1, -0.05) is 0 Å². The molecular formula is C12H11NO2. The molecule has 0 radical (unpaired) electrons. The minimum atomic E-state index is -0.0926. The van der Waals surface area contributed by atoms with Gasteiger partial charge in [0.25, 0.3) is 0 Å². The zero-order valence-electron chi connectivity index (χ0n) is 8.65. The van der Waals surface area contributed by atoms with E-state index in [0.717, 1.165) is 11.1 Å². The van der Waals surface area contributed by atoms with Gasteiger partial charge in [-0.2, -0.15) is 0 Å². The molecule has 0 unspecified atom stereocenters. The van der Waals surface area contributed by atoms with Crippen LogP contribution >= 0.6 is 0 Å². The molecule has 76 valence electrons. The summed E-state index contributed by atoms with van der Waals surface area (Å²) in [4.78, 5) is 16.0. The molecule has 0 aliphatic heterocycles. The average molecular weight is 201 g/mol. The Balaban J connectivity index is 2.41. The van der Waals surface area contributed by atoms with Crippen LogP contribution in [0.4, 0.5) is 0 Å². The molecule has 0 bridgehead atoms. The van der Waals surface area contributed by atoms with E-state index in [1.807, 2.05) is 19.9 Å². The number of aromatic nitrogens is 1. The molecule has 0 aliphatic rings. The number of nitrogens with zero attached hydrogens (tertiary/aromatic N) is 1. The number of rotatable bonds is 2. The highest BCUT2D eigenvalue weighted by atomic mass is 16.3. The summed E-state index contributed by atoms with van der Waals surface area (Å²) < 4.78 is 4.97. The van der Waals surface area contributed by atoms with E-state index in [2.05, 4.69) is 4.98 Å². The smallest absolute Gasteiger partial charge is 0.214 e. The quantitative estimate of drug-likeness (QED) is 0.701. The normalized spacial score (nSPS) is 10.3. The van der Waals surface area contributed by atoms with Crippen LogP contribution in [0.2, 0.25) is 0 Å². The largest absolute Gasteiger partial charge is 0.472 e. The third-order valence-electron chi connectivity index (χ3n) is 2.25. The Hall–Kier alpha value is -1.90. The topological polar surface area (TPSA) is 43.1 Å². The molecule has 0 atom stereocenters. The van der Waals surface area contributed by atoms with Crippen LogP contribution < -0.4 is 0 Å². The van der Waals surface area contributed by atoms with Crippen LogP contribution in [0.3, 0.4) is 0 Å². The summed E-state index contributed by atoms with van der Waals surface area (Å²) in [6, 6.07) is 3.63. The van der Waals surface area contributed by atoms with E-state index in [0.29, 0.717) is 11.3 Å². The van der Waals surface area contributed by atoms with Crippen molar-refractivity contribution < 1.29 is 9.21 Å². The third kappa shape index (κ3) is 1.81. The zero-order valence-corrected chi connectivity index (χ0v) is 8.65. The molecule has 0 saturated heterocycles. The van der Waals surface area contributed by atoms with Gasteiger partial charge in [0.2, 0.25) is 5.78 Å². The highest BCUT2D eigenvalue weighted by Gasteiger charge is 2.14. The van der Waals surface area contributed by atoms with Crippen molar-refractivity contribution in [1.29, 1.82) is 0 Å². The van der Waals surface area contributed by atoms with Crippen molar-refractivity contribution in [2.45, 2.75) is 13.8 Å². The SMILES string of the molecule is Cc1ccnc(C(=O)c2cocc2C)c1. The first-order valence-electron chi connectivity index (χ1n) is 4.68. The van der Waals surface area contributed by atoms with Gasteiger partial charge >= 0.3 is 0 Å². The zero-order chi connectivity index (χ0) is 10.8. The van der Waals surface area contributed by atoms with E-state index in [4.69, 9.17) is 4.42 Å². The van der Waals surface area contributed by atoms with Crippen molar-refractivity contribution in [3.05, 3.63) is 53.2 Å². The minimum absolute atomic E-state index is 0.0926. The maximum atomic E-state index is 12.0. The molecule has 0 saturated carbocycles. The first kappa shape index (κ1) is 9.65. The summed E-state index contributed by atoms with van der Waals surface area (Å²) in [5, 5.41) is 0. The van der Waals surface area contributed by atoms with E-state index in [-0.39, 0.29) is 5.78 Å². The van der Waals surface area contributed by atoms with Gasteiger partial charge in [0.15, 0.2) is 0 Å². The van der Waals surface area contributed by atoms with Crippen LogP contribution in [0, 0.1) is 13.8 Å². The average Bonchev–Trinajstić information content (AvgIpc) is 2.63. The monoisotopic (exact) mass is 201 g/mol. The molecule has 0 aromatic carbocycles. The molecule has 0 fully saturated rings. The predicted octanol–water partition coefficient (Wildman–Crippen LogP) is 2.52. The Morgan fingerprint density at radius 3 is 2.73 bits per heavy atom. The van der Waals surface area contributed by atoms with Gasteiger partial charge in [-0.25, -0.2) is 0 Å². The Kier molecular flexibility index (Phi) is 2.37. The molecule has 3 heteroatoms. The second-order valence-electron chi connectivity index (χ2n) is 3.52. The highest BCUT2D eigenvalue weighted by Crippen LogP contribution is 2.14. The summed E-state index contributed by atoms with van der Waals surface area (Å²) in [6.07, 6.45) is 4.66. The number of ketones is 1. The van der Waals surface area contributed by atoms with Crippen molar-refractivity contribution in [2.24, 2.45) is 0 Å². The lowest BCUT2D eigenvalue weighted by Gasteiger charge is -1.99. The first-order valence-corrected chi connectivity index (χ1v) is 4.68. The second kappa shape index (κ2) is 3.69. The standard InChI is InChI=1S/C12H11NO2/c1-8-3-4-13-11(5-8)12(14)10-7-15-6-9(10)2/h3-7H,1-2H3. The van der Waals surface area contributed by atoms with E-state index < -0.39 is 0 Å². The Morgan fingerprint density at radius 1 is 1.33 bits per heavy atom. The van der Waals surface area contributed by atoms with E-state index in [1.165, 1.54) is 6.26 Å². The van der Waals surface area contributed by atoms with Crippen molar-refractivity contribution in [1.82, 2.24) is 4.98 Å². The van der Waals surface area contributed by atoms with Crippen LogP contribution in [0.1, 0.15) is 27.2 Å². The molecule has 0 N–H and O–H groups in total. The fourth-order valence-electron chi connectivity index (χ4n) is 1.39. The van der Waals surface area contributed by atoms with E-state index >= 15 is 0 Å². The molecular weight excluding hydrogens is 190 g/mol. The summed E-state index contributed by atoms with van der Waals surface area (Å²) >= 11 is 0. The van der Waals surface area contributed by atoms with Gasteiger partial charge in [-0.3, -0.25) is 9.78 Å². The molecule has 2 aromatic heterocycles. The van der Waals surface area contributed by atoms with Crippen molar-refractivity contribution >= 4 is 5.78 Å². The molecule has 0 spiro atoms. The number of hydrogen-bond acceptors (Lipinski definition) is 3. The van der Waals surface area contributed by atoms with Crippen molar-refractivity contribution in [3.63, 3.8) is 0 Å². The summed E-state index contributed by atoms with van der Waals surface area (Å²) in [5.41, 5.74) is 2.89. The molecule has 2 heterocycles. The predicted molar refractivity (Wildman–Crippen MR) is 55.9 cm³/mol. The van der Waals surface area contributed by atoms with Gasteiger partial charge < -0.3 is 4.42 Å². The van der Waals surface area contributed by atoms with Crippen LogP contribution in [0.5, 0.6) is 0 Å². The number of aryl methyl sites for hydroxylation is 2. The maximum absolute atomic E-state index is 12.0. The number of hydrogen-bond donors (Lipinski definition) is 0. The van der Waals surface area contributed by atoms with E-state index in [9.17, 15) is 4.79 Å². The molecule has 0 aliphatic carbocycles. The summed E-state index contributed by atoms with van der Waals surface area (Å²) in [5.74, 6) is -0.0926. The van der Waals surface area contributed by atoms with Crippen LogP contribution in [-0.2, 0) is 0 Å². The van der Waals surface area contributed by atoms with Gasteiger partial charge in [0, 0.05) is 6.20 Å². The van der Waals surface area contributed by atoms with Crippen LogP contribution in [-0.4, -0.2) is 10.8 Å². The number of carbonyl (C=O) groups excluding carboxylic acids is 1. The number of furan rings is 1. The first-order chi connectivity index (χ1) is 7.18. The molecule has 3 nitrogen and oxygen atoms in total. The fraction of sp³-hybridized carbons (Fsp3) is 0.167. The molecule has 15 heavy (non-hydrogen) atoms. The second-order valence-corrected chi connectivity index (χ2v) is 3.52. The number of carbonyl (C=O) groups is 1. The molecule has 0 amide bonds. The minimum Gasteiger partial charge on any atom is -0.472 e.